The van der Waals surface area contributed by atoms with Crippen molar-refractivity contribution in [3.05, 3.63) is 86.2 Å². The van der Waals surface area contributed by atoms with Crippen LogP contribution in [0.3, 0.4) is 0 Å². The van der Waals surface area contributed by atoms with Crippen LogP contribution in [0.4, 0.5) is 24.5 Å². The van der Waals surface area contributed by atoms with Gasteiger partial charge in [0.05, 0.1) is 27.4 Å². The maximum Gasteiger partial charge on any atom is 0.416 e. The molecule has 0 aliphatic rings. The minimum atomic E-state index is -4.68. The Labute approximate surface area is 174 Å². The topological polar surface area (TPSA) is 72.5 Å². The number of halogens is 4. The third-order valence-corrected chi connectivity index (χ3v) is 4.79. The predicted molar refractivity (Wildman–Crippen MR) is 110 cm³/mol. The number of para-hydroxylation sites is 1. The van der Waals surface area contributed by atoms with E-state index in [0.29, 0.717) is 11.1 Å². The van der Waals surface area contributed by atoms with Crippen LogP contribution in [0.5, 0.6) is 0 Å². The summed E-state index contributed by atoms with van der Waals surface area (Å²) in [5.74, 6) is 0. The molecule has 2 aromatic carbocycles. The lowest BCUT2D eigenvalue weighted by atomic mass is 10.1. The largest absolute Gasteiger partial charge is 0.416 e. The highest BCUT2D eigenvalue weighted by atomic mass is 35.5. The number of hydrogen-bond donors (Lipinski definition) is 1. The molecule has 0 spiro atoms. The van der Waals surface area contributed by atoms with E-state index in [1.165, 1.54) is 6.21 Å². The van der Waals surface area contributed by atoms with Gasteiger partial charge in [0.25, 0.3) is 5.69 Å². The van der Waals surface area contributed by atoms with E-state index in [0.717, 1.165) is 34.8 Å². The number of nitrogens with one attached hydrogen (secondary N) is 1. The Morgan fingerprint density at radius 3 is 2.50 bits per heavy atom. The molecule has 0 amide bonds. The number of nitrogens with zero attached hydrogens (tertiary/aromatic N) is 3. The maximum atomic E-state index is 12.8. The molecule has 0 saturated heterocycles. The first-order chi connectivity index (χ1) is 14.1. The van der Waals surface area contributed by atoms with Crippen LogP contribution in [-0.2, 0) is 6.18 Å². The fourth-order valence-corrected chi connectivity index (χ4v) is 3.27. The van der Waals surface area contributed by atoms with Gasteiger partial charge in [0.1, 0.15) is 5.69 Å². The van der Waals surface area contributed by atoms with Crippen LogP contribution in [0, 0.1) is 24.0 Å². The standard InChI is InChI=1S/C20H16ClF3N4O2/c1-12-9-14(13(2)27(12)18-6-4-3-5-16(18)21)11-25-26-17-8-7-15(20(22,23)24)10-19(17)28(29)30/h3-11,26H,1-2H3/b25-11-. The summed E-state index contributed by atoms with van der Waals surface area (Å²) >= 11 is 6.28. The zero-order chi connectivity index (χ0) is 22.1. The van der Waals surface area contributed by atoms with Gasteiger partial charge in [-0.3, -0.25) is 15.5 Å². The fraction of sp³-hybridized carbons (Fsp3) is 0.150. The number of rotatable bonds is 5. The maximum absolute atomic E-state index is 12.8. The molecule has 10 heteroatoms. The molecule has 1 heterocycles. The van der Waals surface area contributed by atoms with Crippen molar-refractivity contribution < 1.29 is 18.1 Å². The van der Waals surface area contributed by atoms with Crippen molar-refractivity contribution in [1.29, 1.82) is 0 Å². The molecule has 0 saturated carbocycles. The van der Waals surface area contributed by atoms with Gasteiger partial charge in [-0.15, -0.1) is 0 Å². The normalized spacial score (nSPS) is 11.8. The van der Waals surface area contributed by atoms with Gasteiger partial charge >= 0.3 is 6.18 Å². The summed E-state index contributed by atoms with van der Waals surface area (Å²) in [6, 6.07) is 11.4. The van der Waals surface area contributed by atoms with Crippen LogP contribution in [0.1, 0.15) is 22.5 Å². The van der Waals surface area contributed by atoms with Crippen molar-refractivity contribution in [3.63, 3.8) is 0 Å². The van der Waals surface area contributed by atoms with Crippen molar-refractivity contribution in [1.82, 2.24) is 4.57 Å². The van der Waals surface area contributed by atoms with Crippen LogP contribution in [0.25, 0.3) is 5.69 Å². The van der Waals surface area contributed by atoms with Gasteiger partial charge in [-0.1, -0.05) is 23.7 Å². The Morgan fingerprint density at radius 1 is 1.17 bits per heavy atom. The Bertz CT molecular complexity index is 1140. The molecular weight excluding hydrogens is 421 g/mol. The summed E-state index contributed by atoms with van der Waals surface area (Å²) in [5.41, 5.74) is 3.71. The van der Waals surface area contributed by atoms with E-state index in [2.05, 4.69) is 10.5 Å². The molecule has 3 rings (SSSR count). The second kappa shape index (κ2) is 8.19. The highest BCUT2D eigenvalue weighted by molar-refractivity contribution is 6.32. The highest BCUT2D eigenvalue weighted by Crippen LogP contribution is 2.35. The Kier molecular flexibility index (Phi) is 5.84. The molecule has 0 atom stereocenters. The molecule has 0 aliphatic carbocycles. The monoisotopic (exact) mass is 436 g/mol. The minimum absolute atomic E-state index is 0.149. The number of nitro groups is 1. The molecule has 1 N–H and O–H groups in total. The molecule has 6 nitrogen and oxygen atoms in total. The molecule has 0 aliphatic heterocycles. The lowest BCUT2D eigenvalue weighted by molar-refractivity contribution is -0.384. The van der Waals surface area contributed by atoms with Gasteiger partial charge in [0.2, 0.25) is 0 Å². The zero-order valence-electron chi connectivity index (χ0n) is 15.9. The fourth-order valence-electron chi connectivity index (χ4n) is 3.05. The van der Waals surface area contributed by atoms with E-state index in [9.17, 15) is 23.3 Å². The van der Waals surface area contributed by atoms with Crippen LogP contribution < -0.4 is 5.43 Å². The van der Waals surface area contributed by atoms with Gasteiger partial charge in [-0.25, -0.2) is 0 Å². The van der Waals surface area contributed by atoms with Crippen LogP contribution in [-0.4, -0.2) is 15.7 Å². The molecule has 1 aromatic heterocycles. The van der Waals surface area contributed by atoms with Gasteiger partial charge < -0.3 is 4.57 Å². The van der Waals surface area contributed by atoms with Gasteiger partial charge in [0, 0.05) is 23.0 Å². The minimum Gasteiger partial charge on any atom is -0.316 e. The summed E-state index contributed by atoms with van der Waals surface area (Å²) in [4.78, 5) is 10.3. The first kappa shape index (κ1) is 21.4. The SMILES string of the molecule is Cc1cc(/C=N\Nc2ccc(C(F)(F)F)cc2[N+](=O)[O-])c(C)n1-c1ccccc1Cl. The van der Waals surface area contributed by atoms with E-state index < -0.39 is 22.4 Å². The van der Waals surface area contributed by atoms with Crippen LogP contribution in [0.15, 0.2) is 53.6 Å². The third kappa shape index (κ3) is 4.30. The van der Waals surface area contributed by atoms with Crippen LogP contribution >= 0.6 is 11.6 Å². The van der Waals surface area contributed by atoms with Crippen LogP contribution in [0.2, 0.25) is 5.02 Å². The lowest BCUT2D eigenvalue weighted by Crippen LogP contribution is -2.06. The summed E-state index contributed by atoms with van der Waals surface area (Å²) in [6.45, 7) is 3.75. The zero-order valence-corrected chi connectivity index (χ0v) is 16.6. The lowest BCUT2D eigenvalue weighted by Gasteiger charge is -2.11. The van der Waals surface area contributed by atoms with E-state index in [1.807, 2.05) is 42.7 Å². The number of nitro benzene ring substituents is 1. The summed E-state index contributed by atoms with van der Waals surface area (Å²) in [5, 5.41) is 15.7. The predicted octanol–water partition coefficient (Wildman–Crippen LogP) is 6.12. The van der Waals surface area contributed by atoms with Crippen molar-refractivity contribution in [2.45, 2.75) is 20.0 Å². The molecule has 0 fully saturated rings. The van der Waals surface area contributed by atoms with Crippen molar-refractivity contribution in [3.8, 4) is 5.69 Å². The average Bonchev–Trinajstić information content (AvgIpc) is 2.95. The van der Waals surface area contributed by atoms with E-state index in [-0.39, 0.29) is 5.69 Å². The number of aryl methyl sites for hydroxylation is 1. The van der Waals surface area contributed by atoms with Crippen molar-refractivity contribution >= 4 is 29.2 Å². The highest BCUT2D eigenvalue weighted by Gasteiger charge is 2.33. The Hall–Kier alpha value is -3.33. The van der Waals surface area contributed by atoms with Crippen molar-refractivity contribution in [2.24, 2.45) is 5.10 Å². The van der Waals surface area contributed by atoms with Gasteiger partial charge in [0.15, 0.2) is 0 Å². The number of benzene rings is 2. The van der Waals surface area contributed by atoms with E-state index in [4.69, 9.17) is 11.6 Å². The molecular formula is C20H16ClF3N4O2. The molecule has 0 unspecified atom stereocenters. The number of alkyl halides is 3. The molecule has 30 heavy (non-hydrogen) atoms. The number of aromatic nitrogens is 1. The molecule has 0 radical (unpaired) electrons. The second-order valence-corrected chi connectivity index (χ2v) is 6.88. The quantitative estimate of drug-likeness (QED) is 0.297. The van der Waals surface area contributed by atoms with Gasteiger partial charge in [-0.2, -0.15) is 18.3 Å². The third-order valence-electron chi connectivity index (χ3n) is 4.47. The summed E-state index contributed by atoms with van der Waals surface area (Å²) < 4.78 is 40.3. The Morgan fingerprint density at radius 2 is 1.87 bits per heavy atom. The number of anilines is 1. The average molecular weight is 437 g/mol. The smallest absolute Gasteiger partial charge is 0.316 e. The number of hydrogen-bond acceptors (Lipinski definition) is 4. The van der Waals surface area contributed by atoms with E-state index >= 15 is 0 Å². The number of hydrazone groups is 1. The second-order valence-electron chi connectivity index (χ2n) is 6.47. The van der Waals surface area contributed by atoms with Crippen molar-refractivity contribution in [2.75, 3.05) is 5.43 Å². The Balaban J connectivity index is 1.89. The summed E-state index contributed by atoms with van der Waals surface area (Å²) in [7, 11) is 0. The summed E-state index contributed by atoms with van der Waals surface area (Å²) in [6.07, 6.45) is -3.24. The molecule has 156 valence electrons. The molecule has 0 bridgehead atoms. The first-order valence-corrected chi connectivity index (χ1v) is 9.06. The first-order valence-electron chi connectivity index (χ1n) is 8.68. The van der Waals surface area contributed by atoms with Gasteiger partial charge in [-0.05, 0) is 44.2 Å². The van der Waals surface area contributed by atoms with E-state index in [1.54, 1.807) is 6.07 Å². The molecule has 3 aromatic rings.